The van der Waals surface area contributed by atoms with Crippen LogP contribution in [-0.2, 0) is 20.7 Å². The summed E-state index contributed by atoms with van der Waals surface area (Å²) in [6, 6.07) is 16.2. The first-order valence-electron chi connectivity index (χ1n) is 7.95. The normalized spacial score (nSPS) is 14.6. The van der Waals surface area contributed by atoms with E-state index in [4.69, 9.17) is 4.74 Å². The lowest BCUT2D eigenvalue weighted by molar-refractivity contribution is -0.156. The number of aliphatic hydroxyl groups is 1. The fraction of sp³-hybridized carbons (Fsp3) is 0.263. The van der Waals surface area contributed by atoms with E-state index in [0.29, 0.717) is 12.1 Å². The van der Waals surface area contributed by atoms with Gasteiger partial charge in [0, 0.05) is 12.2 Å². The third-order valence-corrected chi connectivity index (χ3v) is 4.09. The minimum absolute atomic E-state index is 0.282. The van der Waals surface area contributed by atoms with E-state index in [0.717, 1.165) is 24.1 Å². The van der Waals surface area contributed by atoms with Crippen molar-refractivity contribution in [1.29, 1.82) is 0 Å². The highest BCUT2D eigenvalue weighted by atomic mass is 16.5. The van der Waals surface area contributed by atoms with Gasteiger partial charge in [-0.15, -0.1) is 0 Å². The monoisotopic (exact) mass is 325 g/mol. The summed E-state index contributed by atoms with van der Waals surface area (Å²) < 4.78 is 5.01. The third kappa shape index (κ3) is 3.46. The molecule has 124 valence electrons. The molecule has 0 spiro atoms. The first-order chi connectivity index (χ1) is 11.7. The molecule has 0 saturated heterocycles. The van der Waals surface area contributed by atoms with Crippen LogP contribution in [0.2, 0.25) is 0 Å². The maximum Gasteiger partial charge on any atom is 0.340 e. The number of ether oxygens (including phenoxy) is 1. The number of hydrogen-bond donors (Lipinski definition) is 1. The van der Waals surface area contributed by atoms with Gasteiger partial charge in [-0.1, -0.05) is 48.5 Å². The quantitative estimate of drug-likeness (QED) is 0.876. The van der Waals surface area contributed by atoms with Crippen LogP contribution in [0.1, 0.15) is 23.7 Å². The third-order valence-electron chi connectivity index (χ3n) is 4.09. The smallest absolute Gasteiger partial charge is 0.340 e. The second kappa shape index (κ2) is 7.27. The van der Waals surface area contributed by atoms with E-state index in [9.17, 15) is 14.7 Å². The van der Waals surface area contributed by atoms with Crippen LogP contribution in [0.25, 0.3) is 0 Å². The molecule has 2 aromatic carbocycles. The average Bonchev–Trinajstić information content (AvgIpc) is 2.65. The van der Waals surface area contributed by atoms with Gasteiger partial charge in [-0.05, 0) is 30.0 Å². The van der Waals surface area contributed by atoms with Crippen molar-refractivity contribution < 1.29 is 19.4 Å². The lowest BCUT2D eigenvalue weighted by Crippen LogP contribution is -2.38. The van der Waals surface area contributed by atoms with Crippen molar-refractivity contribution in [1.82, 2.24) is 0 Å². The molecule has 0 saturated carbocycles. The number of nitrogens with zero attached hydrogens (tertiary/aromatic N) is 1. The molecule has 1 N–H and O–H groups in total. The Balaban J connectivity index is 1.61. The second-order valence-electron chi connectivity index (χ2n) is 5.70. The number of para-hydroxylation sites is 1. The molecule has 1 atom stereocenters. The average molecular weight is 325 g/mol. The molecule has 1 aliphatic rings. The molecule has 0 radical (unpaired) electrons. The number of carbonyl (C=O) groups is 2. The van der Waals surface area contributed by atoms with E-state index < -0.39 is 12.1 Å². The van der Waals surface area contributed by atoms with Gasteiger partial charge in [-0.25, -0.2) is 4.79 Å². The first kappa shape index (κ1) is 16.2. The Kier molecular flexibility index (Phi) is 4.91. The lowest BCUT2D eigenvalue weighted by Gasteiger charge is -2.29. The van der Waals surface area contributed by atoms with Gasteiger partial charge in [0.15, 0.2) is 12.7 Å². The Morgan fingerprint density at radius 3 is 2.58 bits per heavy atom. The molecule has 2 aromatic rings. The van der Waals surface area contributed by atoms with Gasteiger partial charge in [-0.2, -0.15) is 0 Å². The van der Waals surface area contributed by atoms with E-state index in [1.165, 1.54) is 0 Å². The predicted octanol–water partition coefficient (Wildman–Crippen LogP) is 2.24. The Bertz CT molecular complexity index is 729. The molecule has 24 heavy (non-hydrogen) atoms. The standard InChI is InChI=1S/C19H19NO4/c21-17(20-12-6-10-14-7-4-5-11-16(14)20)13-24-19(23)18(22)15-8-2-1-3-9-15/h1-5,7-9,11,18,22H,6,10,12-13H2/t18-/m1/s1. The van der Waals surface area contributed by atoms with Gasteiger partial charge < -0.3 is 14.7 Å². The van der Waals surface area contributed by atoms with Crippen molar-refractivity contribution in [3.63, 3.8) is 0 Å². The molecule has 3 rings (SSSR count). The fourth-order valence-corrected chi connectivity index (χ4v) is 2.85. The molecule has 0 aromatic heterocycles. The number of esters is 1. The van der Waals surface area contributed by atoms with Crippen LogP contribution in [0.4, 0.5) is 5.69 Å². The van der Waals surface area contributed by atoms with Crippen molar-refractivity contribution in [3.05, 3.63) is 65.7 Å². The molecule has 5 heteroatoms. The van der Waals surface area contributed by atoms with Crippen LogP contribution in [0.3, 0.4) is 0 Å². The maximum atomic E-state index is 12.4. The van der Waals surface area contributed by atoms with Crippen molar-refractivity contribution in [2.24, 2.45) is 0 Å². The molecule has 0 fully saturated rings. The van der Waals surface area contributed by atoms with Gasteiger partial charge in [0.2, 0.25) is 0 Å². The summed E-state index contributed by atoms with van der Waals surface area (Å²) >= 11 is 0. The van der Waals surface area contributed by atoms with E-state index in [1.807, 2.05) is 24.3 Å². The van der Waals surface area contributed by atoms with Crippen molar-refractivity contribution in [2.75, 3.05) is 18.1 Å². The highest BCUT2D eigenvalue weighted by Gasteiger charge is 2.25. The number of benzene rings is 2. The summed E-state index contributed by atoms with van der Waals surface area (Å²) in [6.45, 7) is 0.228. The summed E-state index contributed by atoms with van der Waals surface area (Å²) in [7, 11) is 0. The van der Waals surface area contributed by atoms with Gasteiger partial charge in [0.1, 0.15) is 0 Å². The zero-order valence-corrected chi connectivity index (χ0v) is 13.2. The lowest BCUT2D eigenvalue weighted by atomic mass is 10.0. The first-order valence-corrected chi connectivity index (χ1v) is 7.95. The summed E-state index contributed by atoms with van der Waals surface area (Å²) in [4.78, 5) is 26.0. The van der Waals surface area contributed by atoms with Gasteiger partial charge >= 0.3 is 5.97 Å². The molecule has 5 nitrogen and oxygen atoms in total. The van der Waals surface area contributed by atoms with E-state index in [-0.39, 0.29) is 12.5 Å². The van der Waals surface area contributed by atoms with E-state index in [2.05, 4.69) is 0 Å². The fourth-order valence-electron chi connectivity index (χ4n) is 2.85. The largest absolute Gasteiger partial charge is 0.453 e. The zero-order chi connectivity index (χ0) is 16.9. The summed E-state index contributed by atoms with van der Waals surface area (Å²) in [6.07, 6.45) is 0.433. The summed E-state index contributed by atoms with van der Waals surface area (Å²) in [5, 5.41) is 9.97. The molecule has 1 aliphatic heterocycles. The van der Waals surface area contributed by atoms with Crippen LogP contribution in [0.5, 0.6) is 0 Å². The van der Waals surface area contributed by atoms with Gasteiger partial charge in [0.05, 0.1) is 0 Å². The van der Waals surface area contributed by atoms with E-state index >= 15 is 0 Å². The molecular formula is C19H19NO4. The molecule has 1 heterocycles. The van der Waals surface area contributed by atoms with Crippen LogP contribution in [0.15, 0.2) is 54.6 Å². The highest BCUT2D eigenvalue weighted by Crippen LogP contribution is 2.26. The van der Waals surface area contributed by atoms with Crippen molar-refractivity contribution >= 4 is 17.6 Å². The highest BCUT2D eigenvalue weighted by molar-refractivity contribution is 5.96. The van der Waals surface area contributed by atoms with Crippen LogP contribution in [-0.4, -0.2) is 30.1 Å². The maximum absolute atomic E-state index is 12.4. The zero-order valence-electron chi connectivity index (χ0n) is 13.2. The minimum atomic E-state index is -1.38. The number of carbonyl (C=O) groups excluding carboxylic acids is 2. The predicted molar refractivity (Wildman–Crippen MR) is 89.5 cm³/mol. The number of aryl methyl sites for hydroxylation is 1. The molecule has 0 bridgehead atoms. The summed E-state index contributed by atoms with van der Waals surface area (Å²) in [5.41, 5.74) is 2.43. The number of hydrogen-bond acceptors (Lipinski definition) is 4. The number of aliphatic hydroxyl groups excluding tert-OH is 1. The number of amides is 1. The Morgan fingerprint density at radius 2 is 1.79 bits per heavy atom. The summed E-state index contributed by atoms with van der Waals surface area (Å²) in [5.74, 6) is -1.10. The Labute approximate surface area is 140 Å². The SMILES string of the molecule is O=C(OCC(=O)N1CCCc2ccccc21)[C@H](O)c1ccccc1. The Morgan fingerprint density at radius 1 is 1.08 bits per heavy atom. The van der Waals surface area contributed by atoms with Gasteiger partial charge in [-0.3, -0.25) is 4.79 Å². The number of rotatable bonds is 4. The van der Waals surface area contributed by atoms with Gasteiger partial charge in [0.25, 0.3) is 5.91 Å². The van der Waals surface area contributed by atoms with E-state index in [1.54, 1.807) is 35.2 Å². The number of fused-ring (bicyclic) bond motifs is 1. The molecule has 0 unspecified atom stereocenters. The Hall–Kier alpha value is -2.66. The molecular weight excluding hydrogens is 306 g/mol. The van der Waals surface area contributed by atoms with Crippen LogP contribution < -0.4 is 4.90 Å². The van der Waals surface area contributed by atoms with Crippen LogP contribution >= 0.6 is 0 Å². The molecule has 1 amide bonds. The number of anilines is 1. The van der Waals surface area contributed by atoms with Crippen molar-refractivity contribution in [2.45, 2.75) is 18.9 Å². The topological polar surface area (TPSA) is 66.8 Å². The van der Waals surface area contributed by atoms with Crippen molar-refractivity contribution in [3.8, 4) is 0 Å². The van der Waals surface area contributed by atoms with Crippen LogP contribution in [0, 0.1) is 0 Å². The molecule has 0 aliphatic carbocycles. The minimum Gasteiger partial charge on any atom is -0.453 e. The second-order valence-corrected chi connectivity index (χ2v) is 5.70.